The lowest BCUT2D eigenvalue weighted by molar-refractivity contribution is 0.0470. The molecule has 0 saturated heterocycles. The molecule has 0 aliphatic rings. The fourth-order valence-corrected chi connectivity index (χ4v) is 2.59. The third-order valence-corrected chi connectivity index (χ3v) is 3.90. The number of fused-ring (bicyclic) bond motifs is 1. The van der Waals surface area contributed by atoms with Crippen LogP contribution in [0.15, 0.2) is 53.5 Å². The quantitative estimate of drug-likeness (QED) is 0.679. The summed E-state index contributed by atoms with van der Waals surface area (Å²) in [4.78, 5) is 24.8. The first kappa shape index (κ1) is 16.8. The zero-order valence-corrected chi connectivity index (χ0v) is 13.5. The van der Waals surface area contributed by atoms with Gasteiger partial charge in [-0.15, -0.1) is 0 Å². The molecule has 0 aliphatic carbocycles. The number of ether oxygens (including phenoxy) is 1. The Labute approximate surface area is 142 Å². The normalized spacial score (nSPS) is 10.8. The van der Waals surface area contributed by atoms with E-state index in [0.717, 1.165) is 17.7 Å². The van der Waals surface area contributed by atoms with Crippen LogP contribution in [0.2, 0.25) is 0 Å². The Morgan fingerprint density at radius 3 is 2.48 bits per heavy atom. The van der Waals surface area contributed by atoms with Crippen LogP contribution in [0.1, 0.15) is 22.8 Å². The van der Waals surface area contributed by atoms with E-state index in [1.54, 1.807) is 31.2 Å². The molecule has 128 valence electrons. The van der Waals surface area contributed by atoms with Gasteiger partial charge in [0.15, 0.2) is 11.6 Å². The Bertz CT molecular complexity index is 997. The number of esters is 1. The minimum absolute atomic E-state index is 0.0149. The average molecular weight is 343 g/mol. The molecule has 1 aromatic heterocycles. The number of carbonyl (C=O) groups is 1. The van der Waals surface area contributed by atoms with Gasteiger partial charge < -0.3 is 9.30 Å². The number of aromatic nitrogens is 1. The molecule has 0 amide bonds. The van der Waals surface area contributed by atoms with Crippen molar-refractivity contribution in [2.75, 3.05) is 0 Å². The molecule has 4 nitrogen and oxygen atoms in total. The highest BCUT2D eigenvalue weighted by Crippen LogP contribution is 2.17. The van der Waals surface area contributed by atoms with E-state index in [2.05, 4.69) is 0 Å². The van der Waals surface area contributed by atoms with Gasteiger partial charge >= 0.3 is 5.97 Å². The van der Waals surface area contributed by atoms with Crippen molar-refractivity contribution < 1.29 is 18.3 Å². The van der Waals surface area contributed by atoms with Gasteiger partial charge in [0, 0.05) is 24.2 Å². The van der Waals surface area contributed by atoms with Gasteiger partial charge in [0.1, 0.15) is 12.2 Å². The summed E-state index contributed by atoms with van der Waals surface area (Å²) >= 11 is 0. The summed E-state index contributed by atoms with van der Waals surface area (Å²) in [5.41, 5.74) is 0.111. The van der Waals surface area contributed by atoms with Crippen molar-refractivity contribution in [2.24, 2.45) is 0 Å². The molecular formula is C19H15F2NO3. The van der Waals surface area contributed by atoms with Gasteiger partial charge in [-0.25, -0.2) is 13.6 Å². The molecule has 0 unspecified atom stereocenters. The molecule has 6 heteroatoms. The number of carbonyl (C=O) groups excluding carboxylic acids is 1. The van der Waals surface area contributed by atoms with E-state index < -0.39 is 23.0 Å². The molecule has 0 atom stereocenters. The van der Waals surface area contributed by atoms with Crippen LogP contribution in [0.3, 0.4) is 0 Å². The second-order valence-corrected chi connectivity index (χ2v) is 5.50. The highest BCUT2D eigenvalue weighted by molar-refractivity contribution is 5.93. The summed E-state index contributed by atoms with van der Waals surface area (Å²) in [6.45, 7) is 2.16. The molecule has 0 bridgehead atoms. The summed E-state index contributed by atoms with van der Waals surface area (Å²) in [5.74, 6) is -2.99. The largest absolute Gasteiger partial charge is 0.457 e. The van der Waals surface area contributed by atoms with Gasteiger partial charge in [-0.3, -0.25) is 4.79 Å². The first-order chi connectivity index (χ1) is 12.0. The van der Waals surface area contributed by atoms with E-state index >= 15 is 0 Å². The smallest absolute Gasteiger partial charge is 0.343 e. The van der Waals surface area contributed by atoms with Crippen LogP contribution in [0.5, 0.6) is 0 Å². The molecule has 0 N–H and O–H groups in total. The maximum Gasteiger partial charge on any atom is 0.343 e. The molecule has 25 heavy (non-hydrogen) atoms. The Morgan fingerprint density at radius 1 is 1.12 bits per heavy atom. The van der Waals surface area contributed by atoms with Gasteiger partial charge in [-0.2, -0.15) is 0 Å². The molecule has 0 radical (unpaired) electrons. The number of hydrogen-bond donors (Lipinski definition) is 0. The van der Waals surface area contributed by atoms with Gasteiger partial charge in [-0.05, 0) is 18.6 Å². The van der Waals surface area contributed by atoms with Crippen LogP contribution in [0.4, 0.5) is 8.78 Å². The fourth-order valence-electron chi connectivity index (χ4n) is 2.59. The zero-order valence-electron chi connectivity index (χ0n) is 13.5. The van der Waals surface area contributed by atoms with Crippen molar-refractivity contribution in [3.63, 3.8) is 0 Å². The number of halogens is 2. The molecule has 0 fully saturated rings. The van der Waals surface area contributed by atoms with Crippen molar-refractivity contribution in [3.05, 3.63) is 81.6 Å². The lowest BCUT2D eigenvalue weighted by atomic mass is 10.1. The molecule has 3 rings (SSSR count). The van der Waals surface area contributed by atoms with Crippen molar-refractivity contribution in [3.8, 4) is 0 Å². The number of pyridine rings is 1. The molecular weight excluding hydrogens is 328 g/mol. The fraction of sp³-hybridized carbons (Fsp3) is 0.158. The summed E-state index contributed by atoms with van der Waals surface area (Å²) in [7, 11) is 0. The molecule has 1 heterocycles. The summed E-state index contributed by atoms with van der Waals surface area (Å²) in [5, 5.41) is -0.0603. The number of aryl methyl sites for hydroxylation is 1. The van der Waals surface area contributed by atoms with Crippen molar-refractivity contribution in [1.82, 2.24) is 4.57 Å². The van der Waals surface area contributed by atoms with Crippen LogP contribution in [0.25, 0.3) is 10.9 Å². The van der Waals surface area contributed by atoms with E-state index in [1.807, 2.05) is 6.07 Å². The Morgan fingerprint density at radius 2 is 1.80 bits per heavy atom. The van der Waals surface area contributed by atoms with Gasteiger partial charge in [-0.1, -0.05) is 30.3 Å². The maximum absolute atomic E-state index is 13.5. The third-order valence-electron chi connectivity index (χ3n) is 3.90. The number of hydrogen-bond acceptors (Lipinski definition) is 3. The predicted octanol–water partition coefficient (Wildman–Crippen LogP) is 3.66. The topological polar surface area (TPSA) is 48.3 Å². The highest BCUT2D eigenvalue weighted by atomic mass is 19.2. The lowest BCUT2D eigenvalue weighted by Gasteiger charge is -2.12. The third kappa shape index (κ3) is 3.28. The Kier molecular flexibility index (Phi) is 4.61. The summed E-state index contributed by atoms with van der Waals surface area (Å²) in [6.07, 6.45) is 1.31. The van der Waals surface area contributed by atoms with E-state index in [4.69, 9.17) is 4.74 Å². The average Bonchev–Trinajstić information content (AvgIpc) is 2.62. The van der Waals surface area contributed by atoms with Crippen LogP contribution < -0.4 is 5.43 Å². The van der Waals surface area contributed by atoms with Crippen LogP contribution in [0, 0.1) is 11.6 Å². The van der Waals surface area contributed by atoms with Crippen molar-refractivity contribution in [1.29, 1.82) is 0 Å². The monoisotopic (exact) mass is 343 g/mol. The molecule has 2 aromatic carbocycles. The number of rotatable bonds is 4. The SMILES string of the molecule is CCn1cc(C(=O)OCc2ccccc2)c(=O)c2cc(F)c(F)cc21. The highest BCUT2D eigenvalue weighted by Gasteiger charge is 2.18. The number of benzene rings is 2. The van der Waals surface area contributed by atoms with Gasteiger partial charge in [0.25, 0.3) is 0 Å². The van der Waals surface area contributed by atoms with E-state index in [0.29, 0.717) is 6.54 Å². The minimum Gasteiger partial charge on any atom is -0.457 e. The standard InChI is InChI=1S/C19H15F2NO3/c1-2-22-10-14(19(24)25-11-12-6-4-3-5-7-12)18(23)13-8-15(20)16(21)9-17(13)22/h3-10H,2,11H2,1H3. The summed E-state index contributed by atoms with van der Waals surface area (Å²) < 4.78 is 33.7. The van der Waals surface area contributed by atoms with E-state index in [1.165, 1.54) is 10.8 Å². The van der Waals surface area contributed by atoms with E-state index in [9.17, 15) is 18.4 Å². The van der Waals surface area contributed by atoms with Crippen LogP contribution in [-0.4, -0.2) is 10.5 Å². The Hall–Kier alpha value is -3.02. The lowest BCUT2D eigenvalue weighted by Crippen LogP contribution is -2.21. The van der Waals surface area contributed by atoms with Gasteiger partial charge in [0.05, 0.1) is 5.52 Å². The van der Waals surface area contributed by atoms with Crippen molar-refractivity contribution >= 4 is 16.9 Å². The molecule has 0 aliphatic heterocycles. The van der Waals surface area contributed by atoms with Crippen LogP contribution in [-0.2, 0) is 17.9 Å². The number of nitrogens with zero attached hydrogens (tertiary/aromatic N) is 1. The predicted molar refractivity (Wildman–Crippen MR) is 89.4 cm³/mol. The van der Waals surface area contributed by atoms with E-state index in [-0.39, 0.29) is 23.1 Å². The Balaban J connectivity index is 2.01. The van der Waals surface area contributed by atoms with Crippen LogP contribution >= 0.6 is 0 Å². The van der Waals surface area contributed by atoms with Crippen molar-refractivity contribution in [2.45, 2.75) is 20.1 Å². The second-order valence-electron chi connectivity index (χ2n) is 5.50. The summed E-state index contributed by atoms with van der Waals surface area (Å²) in [6, 6.07) is 10.8. The minimum atomic E-state index is -1.14. The zero-order chi connectivity index (χ0) is 18.0. The molecule has 3 aromatic rings. The first-order valence-electron chi connectivity index (χ1n) is 7.74. The molecule has 0 spiro atoms. The second kappa shape index (κ2) is 6.84. The molecule has 0 saturated carbocycles. The maximum atomic E-state index is 13.5. The van der Waals surface area contributed by atoms with Gasteiger partial charge in [0.2, 0.25) is 5.43 Å². The first-order valence-corrected chi connectivity index (χ1v) is 7.74.